The van der Waals surface area contributed by atoms with Crippen molar-refractivity contribution in [1.82, 2.24) is 15.3 Å². The molecule has 0 aliphatic heterocycles. The Bertz CT molecular complexity index is 1430. The number of fused-ring (bicyclic) bond motifs is 1. The summed E-state index contributed by atoms with van der Waals surface area (Å²) in [5.41, 5.74) is 2.78. The zero-order valence-electron chi connectivity index (χ0n) is 17.6. The largest absolute Gasteiger partial charge is 0.346 e. The first-order chi connectivity index (χ1) is 15.9. The Kier molecular flexibility index (Phi) is 6.32. The highest BCUT2D eigenvalue weighted by atomic mass is 32.1. The molecule has 3 aromatic carbocycles. The number of hydrogen-bond acceptors (Lipinski definition) is 4. The first-order valence-corrected chi connectivity index (χ1v) is 10.6. The second-order valence-electron chi connectivity index (χ2n) is 7.43. The Hall–Kier alpha value is -4.24. The van der Waals surface area contributed by atoms with Crippen molar-refractivity contribution in [2.75, 3.05) is 10.6 Å². The molecule has 1 heterocycles. The first kappa shape index (κ1) is 22.0. The van der Waals surface area contributed by atoms with Crippen molar-refractivity contribution in [3.8, 4) is 0 Å². The average Bonchev–Trinajstić information content (AvgIpc) is 2.79. The molecule has 1 aromatic heterocycles. The number of nitrogens with one attached hydrogen (secondary N) is 5. The van der Waals surface area contributed by atoms with Crippen molar-refractivity contribution < 1.29 is 9.59 Å². The fourth-order valence-corrected chi connectivity index (χ4v) is 3.55. The number of para-hydroxylation sites is 1. The van der Waals surface area contributed by atoms with E-state index in [0.717, 1.165) is 5.56 Å². The van der Waals surface area contributed by atoms with Crippen molar-refractivity contribution in [3.63, 3.8) is 0 Å². The van der Waals surface area contributed by atoms with Gasteiger partial charge in [-0.15, -0.1) is 0 Å². The molecule has 1 unspecified atom stereocenters. The molecule has 0 radical (unpaired) electrons. The number of rotatable bonds is 5. The minimum Gasteiger partial charge on any atom is -0.346 e. The van der Waals surface area contributed by atoms with Crippen molar-refractivity contribution in [2.24, 2.45) is 0 Å². The topological polar surface area (TPSA) is 119 Å². The summed E-state index contributed by atoms with van der Waals surface area (Å²) in [6.45, 7) is 1.86. The van der Waals surface area contributed by atoms with E-state index < -0.39 is 0 Å². The van der Waals surface area contributed by atoms with Crippen LogP contribution in [0, 0.1) is 4.77 Å². The van der Waals surface area contributed by atoms with Crippen LogP contribution in [0.1, 0.15) is 28.9 Å². The number of benzene rings is 3. The molecule has 0 saturated heterocycles. The summed E-state index contributed by atoms with van der Waals surface area (Å²) in [4.78, 5) is 42.2. The number of amides is 3. The summed E-state index contributed by atoms with van der Waals surface area (Å²) in [6, 6.07) is 20.5. The van der Waals surface area contributed by atoms with Gasteiger partial charge in [0.05, 0.1) is 16.9 Å². The molecule has 33 heavy (non-hydrogen) atoms. The molecule has 0 saturated carbocycles. The van der Waals surface area contributed by atoms with Gasteiger partial charge in [0.2, 0.25) is 0 Å². The zero-order valence-corrected chi connectivity index (χ0v) is 18.5. The molecule has 4 aromatic rings. The maximum absolute atomic E-state index is 12.7. The third kappa shape index (κ3) is 5.34. The predicted octanol–water partition coefficient (Wildman–Crippen LogP) is 4.72. The number of aromatic nitrogens is 2. The van der Waals surface area contributed by atoms with Gasteiger partial charge in [-0.3, -0.25) is 14.6 Å². The van der Waals surface area contributed by atoms with E-state index in [4.69, 9.17) is 12.2 Å². The molecule has 0 aliphatic carbocycles. The number of anilines is 2. The van der Waals surface area contributed by atoms with E-state index in [2.05, 4.69) is 25.9 Å². The highest BCUT2D eigenvalue weighted by Crippen LogP contribution is 2.18. The summed E-state index contributed by atoms with van der Waals surface area (Å²) in [5.74, 6) is -0.284. The van der Waals surface area contributed by atoms with Crippen LogP contribution in [0.5, 0.6) is 0 Å². The van der Waals surface area contributed by atoms with Crippen LogP contribution in [0.4, 0.5) is 16.2 Å². The van der Waals surface area contributed by atoms with Gasteiger partial charge in [-0.2, -0.15) is 0 Å². The van der Waals surface area contributed by atoms with Gasteiger partial charge >= 0.3 is 6.03 Å². The highest BCUT2D eigenvalue weighted by molar-refractivity contribution is 7.71. The van der Waals surface area contributed by atoms with Crippen LogP contribution >= 0.6 is 12.2 Å². The van der Waals surface area contributed by atoms with Crippen LogP contribution in [0.2, 0.25) is 0 Å². The zero-order chi connectivity index (χ0) is 23.4. The van der Waals surface area contributed by atoms with Gasteiger partial charge in [0.1, 0.15) is 0 Å². The summed E-state index contributed by atoms with van der Waals surface area (Å²) in [6.07, 6.45) is 0. The lowest BCUT2D eigenvalue weighted by Crippen LogP contribution is -2.26. The first-order valence-electron chi connectivity index (χ1n) is 10.2. The lowest BCUT2D eigenvalue weighted by Gasteiger charge is -2.15. The molecular weight excluding hydrogens is 438 g/mol. The second kappa shape index (κ2) is 9.49. The minimum atomic E-state index is -0.343. The van der Waals surface area contributed by atoms with Gasteiger partial charge in [-0.05, 0) is 67.2 Å². The van der Waals surface area contributed by atoms with Crippen LogP contribution in [0.15, 0.2) is 77.6 Å². The molecule has 3 amide bonds. The quantitative estimate of drug-likeness (QED) is 0.277. The number of aromatic amines is 2. The average molecular weight is 460 g/mol. The SMILES string of the molecule is CC(NC(=O)c1ccc2c(=O)[nH]c(=S)[nH]c2c1)c1ccc(NC(=O)Nc2ccccc2)cc1. The second-order valence-corrected chi connectivity index (χ2v) is 7.84. The third-order valence-corrected chi connectivity index (χ3v) is 5.25. The van der Waals surface area contributed by atoms with E-state index in [1.54, 1.807) is 42.5 Å². The Labute approximate surface area is 194 Å². The van der Waals surface area contributed by atoms with Gasteiger partial charge in [0, 0.05) is 16.9 Å². The Morgan fingerprint density at radius 1 is 0.879 bits per heavy atom. The lowest BCUT2D eigenvalue weighted by molar-refractivity contribution is 0.0940. The van der Waals surface area contributed by atoms with Crippen molar-refractivity contribution in [2.45, 2.75) is 13.0 Å². The molecule has 0 aliphatic rings. The molecule has 9 heteroatoms. The Morgan fingerprint density at radius 3 is 2.24 bits per heavy atom. The van der Waals surface area contributed by atoms with Gasteiger partial charge in [-0.25, -0.2) is 4.79 Å². The number of hydrogen-bond donors (Lipinski definition) is 5. The van der Waals surface area contributed by atoms with E-state index in [1.807, 2.05) is 37.3 Å². The van der Waals surface area contributed by atoms with Gasteiger partial charge in [0.15, 0.2) is 4.77 Å². The van der Waals surface area contributed by atoms with E-state index in [0.29, 0.717) is 27.8 Å². The molecule has 8 nitrogen and oxygen atoms in total. The highest BCUT2D eigenvalue weighted by Gasteiger charge is 2.13. The van der Waals surface area contributed by atoms with E-state index in [-0.39, 0.29) is 28.3 Å². The fraction of sp³-hybridized carbons (Fsp3) is 0.0833. The van der Waals surface area contributed by atoms with E-state index >= 15 is 0 Å². The maximum Gasteiger partial charge on any atom is 0.323 e. The summed E-state index contributed by atoms with van der Waals surface area (Å²) in [5, 5.41) is 8.88. The molecular formula is C24H21N5O3S. The molecule has 166 valence electrons. The standard InChI is InChI=1S/C24H21N5O3S/c1-14(25-21(30)16-9-12-19-20(13-16)28-24(33)29-22(19)31)15-7-10-18(11-8-15)27-23(32)26-17-5-3-2-4-6-17/h2-14H,1H3,(H,25,30)(H2,26,27,32)(H2,28,29,31,33). The van der Waals surface area contributed by atoms with Crippen LogP contribution < -0.4 is 21.5 Å². The Morgan fingerprint density at radius 2 is 1.55 bits per heavy atom. The van der Waals surface area contributed by atoms with Gasteiger partial charge in [-0.1, -0.05) is 30.3 Å². The molecule has 0 fully saturated rings. The van der Waals surface area contributed by atoms with E-state index in [9.17, 15) is 14.4 Å². The van der Waals surface area contributed by atoms with Crippen LogP contribution in [0.25, 0.3) is 10.9 Å². The van der Waals surface area contributed by atoms with Gasteiger partial charge in [0.25, 0.3) is 11.5 Å². The summed E-state index contributed by atoms with van der Waals surface area (Å²) < 4.78 is 0.199. The fourth-order valence-electron chi connectivity index (χ4n) is 3.34. The van der Waals surface area contributed by atoms with E-state index in [1.165, 1.54) is 0 Å². The van der Waals surface area contributed by atoms with Gasteiger partial charge < -0.3 is 20.9 Å². The predicted molar refractivity (Wildman–Crippen MR) is 131 cm³/mol. The monoisotopic (exact) mass is 459 g/mol. The third-order valence-electron chi connectivity index (χ3n) is 5.05. The normalized spacial score (nSPS) is 11.5. The van der Waals surface area contributed by atoms with Crippen LogP contribution in [-0.4, -0.2) is 21.9 Å². The lowest BCUT2D eigenvalue weighted by atomic mass is 10.1. The number of carbonyl (C=O) groups is 2. The molecule has 0 spiro atoms. The molecule has 5 N–H and O–H groups in total. The van der Waals surface area contributed by atoms with Crippen LogP contribution in [0.3, 0.4) is 0 Å². The molecule has 1 atom stereocenters. The number of urea groups is 1. The number of carbonyl (C=O) groups excluding carboxylic acids is 2. The van der Waals surface area contributed by atoms with Crippen molar-refractivity contribution >= 4 is 46.4 Å². The smallest absolute Gasteiger partial charge is 0.323 e. The minimum absolute atomic E-state index is 0.199. The van der Waals surface area contributed by atoms with Crippen LogP contribution in [-0.2, 0) is 0 Å². The van der Waals surface area contributed by atoms with Crippen molar-refractivity contribution in [1.29, 1.82) is 0 Å². The summed E-state index contributed by atoms with van der Waals surface area (Å²) >= 11 is 5.00. The molecule has 0 bridgehead atoms. The van der Waals surface area contributed by atoms with Crippen molar-refractivity contribution in [3.05, 3.63) is 99.0 Å². The maximum atomic E-state index is 12.7. The molecule has 4 rings (SSSR count). The Balaban J connectivity index is 1.40. The number of H-pyrrole nitrogens is 2. The summed E-state index contributed by atoms with van der Waals surface area (Å²) in [7, 11) is 0.